The van der Waals surface area contributed by atoms with Crippen LogP contribution in [0.25, 0.3) is 0 Å². The Morgan fingerprint density at radius 2 is 1.93 bits per heavy atom. The monoisotopic (exact) mass is 396 g/mol. The molecule has 1 aromatic carbocycles. The lowest BCUT2D eigenvalue weighted by Crippen LogP contribution is -2.43. The third kappa shape index (κ3) is 2.71. The number of carbonyl (C=O) groups is 1. The fourth-order valence-corrected chi connectivity index (χ4v) is 5.72. The molecule has 0 amide bonds. The van der Waals surface area contributed by atoms with Gasteiger partial charge >= 0.3 is 0 Å². The molecule has 4 aliphatic rings. The third-order valence-corrected chi connectivity index (χ3v) is 7.08. The van der Waals surface area contributed by atoms with Crippen molar-refractivity contribution in [3.05, 3.63) is 59.2 Å². The summed E-state index contributed by atoms with van der Waals surface area (Å²) in [5.41, 5.74) is 2.52. The largest absolute Gasteiger partial charge is 0.367 e. The second-order valence-electron chi connectivity index (χ2n) is 7.25. The summed E-state index contributed by atoms with van der Waals surface area (Å²) in [6.07, 6.45) is 6.58. The number of nitrogens with one attached hydrogen (secondary N) is 2. The highest BCUT2D eigenvalue weighted by Gasteiger charge is 2.48. The highest BCUT2D eigenvalue weighted by atomic mass is 32.2. The van der Waals surface area contributed by atoms with Crippen molar-refractivity contribution in [2.24, 2.45) is 16.8 Å². The number of aliphatic imine (C=N–C) groups is 1. The number of anilines is 1. The van der Waals surface area contributed by atoms with Crippen LogP contribution in [0.2, 0.25) is 0 Å². The van der Waals surface area contributed by atoms with Gasteiger partial charge in [-0.15, -0.1) is 0 Å². The van der Waals surface area contributed by atoms with E-state index in [9.17, 15) is 13.2 Å². The summed E-state index contributed by atoms with van der Waals surface area (Å²) in [6.45, 7) is 3.55. The van der Waals surface area contributed by atoms with Crippen LogP contribution in [0.5, 0.6) is 0 Å². The molecule has 7 nitrogen and oxygen atoms in total. The van der Waals surface area contributed by atoms with Crippen molar-refractivity contribution in [2.45, 2.75) is 0 Å². The predicted molar refractivity (Wildman–Crippen MR) is 108 cm³/mol. The molecule has 2 aliphatic carbocycles. The number of benzene rings is 1. The number of hydrogen-bond donors (Lipinski definition) is 2. The van der Waals surface area contributed by atoms with Gasteiger partial charge in [0.05, 0.1) is 28.1 Å². The Kier molecular flexibility index (Phi) is 3.99. The lowest BCUT2D eigenvalue weighted by Gasteiger charge is -2.30. The molecule has 2 saturated heterocycles. The van der Waals surface area contributed by atoms with Crippen LogP contribution in [0.4, 0.5) is 11.4 Å². The SMILES string of the molecule is O=C1C(=Nc2ccccc2N2CCNCC2)C=C2NS(=O)(=O)C3=CC=CC1C23. The third-order valence-electron chi connectivity index (χ3n) is 5.57. The number of piperazine rings is 1. The molecule has 2 heterocycles. The highest BCUT2D eigenvalue weighted by Crippen LogP contribution is 2.43. The zero-order valence-corrected chi connectivity index (χ0v) is 15.9. The number of nitrogens with zero attached hydrogens (tertiary/aromatic N) is 2. The fourth-order valence-electron chi connectivity index (χ4n) is 4.24. The van der Waals surface area contributed by atoms with Crippen LogP contribution in [-0.4, -0.2) is 46.1 Å². The molecule has 2 atom stereocenters. The Morgan fingerprint density at radius 3 is 2.75 bits per heavy atom. The molecule has 0 bridgehead atoms. The van der Waals surface area contributed by atoms with Crippen LogP contribution < -0.4 is 14.9 Å². The first-order valence-electron chi connectivity index (χ1n) is 9.35. The maximum absolute atomic E-state index is 13.1. The molecule has 144 valence electrons. The van der Waals surface area contributed by atoms with Crippen molar-refractivity contribution in [1.29, 1.82) is 0 Å². The average Bonchev–Trinajstić information content (AvgIpc) is 2.98. The van der Waals surface area contributed by atoms with Crippen molar-refractivity contribution < 1.29 is 13.2 Å². The second kappa shape index (κ2) is 6.42. The molecule has 0 saturated carbocycles. The van der Waals surface area contributed by atoms with Gasteiger partial charge < -0.3 is 10.2 Å². The van der Waals surface area contributed by atoms with Crippen LogP contribution >= 0.6 is 0 Å². The van der Waals surface area contributed by atoms with Gasteiger partial charge in [-0.2, -0.15) is 0 Å². The van der Waals surface area contributed by atoms with E-state index < -0.39 is 21.9 Å². The van der Waals surface area contributed by atoms with Gasteiger partial charge in [-0.3, -0.25) is 9.52 Å². The number of allylic oxidation sites excluding steroid dienone is 5. The molecule has 0 aromatic heterocycles. The summed E-state index contributed by atoms with van der Waals surface area (Å²) >= 11 is 0. The summed E-state index contributed by atoms with van der Waals surface area (Å²) in [4.78, 5) is 20.3. The first kappa shape index (κ1) is 17.4. The van der Waals surface area contributed by atoms with Crippen molar-refractivity contribution in [2.75, 3.05) is 31.1 Å². The molecule has 2 aliphatic heterocycles. The van der Waals surface area contributed by atoms with Crippen LogP contribution in [-0.2, 0) is 14.8 Å². The smallest absolute Gasteiger partial charge is 0.258 e. The lowest BCUT2D eigenvalue weighted by atomic mass is 9.77. The molecular formula is C20H20N4O3S. The number of hydrogen-bond acceptors (Lipinski definition) is 6. The van der Waals surface area contributed by atoms with E-state index in [0.29, 0.717) is 5.70 Å². The van der Waals surface area contributed by atoms with Gasteiger partial charge in [0.25, 0.3) is 10.0 Å². The van der Waals surface area contributed by atoms with Crippen LogP contribution in [0, 0.1) is 11.8 Å². The Labute approximate surface area is 163 Å². The van der Waals surface area contributed by atoms with Gasteiger partial charge in [0.1, 0.15) is 5.71 Å². The van der Waals surface area contributed by atoms with E-state index in [1.807, 2.05) is 24.3 Å². The minimum absolute atomic E-state index is 0.149. The van der Waals surface area contributed by atoms with Crippen LogP contribution in [0.3, 0.4) is 0 Å². The Hall–Kier alpha value is -2.71. The van der Waals surface area contributed by atoms with Crippen molar-refractivity contribution in [3.8, 4) is 0 Å². The average molecular weight is 396 g/mol. The number of Topliss-reactive ketones (excluding diaryl/α,β-unsaturated/α-hetero) is 1. The van der Waals surface area contributed by atoms with Gasteiger partial charge in [-0.05, 0) is 24.3 Å². The molecule has 8 heteroatoms. The minimum atomic E-state index is -3.58. The molecular weight excluding hydrogens is 376 g/mol. The van der Waals surface area contributed by atoms with E-state index in [4.69, 9.17) is 0 Å². The van der Waals surface area contributed by atoms with Crippen LogP contribution in [0.1, 0.15) is 0 Å². The van der Waals surface area contributed by atoms with Crippen LogP contribution in [0.15, 0.2) is 64.2 Å². The zero-order valence-electron chi connectivity index (χ0n) is 15.1. The van der Waals surface area contributed by atoms with Gasteiger partial charge in [-0.25, -0.2) is 13.4 Å². The molecule has 1 aromatic rings. The Bertz CT molecular complexity index is 1080. The van der Waals surface area contributed by atoms with Crippen molar-refractivity contribution >= 4 is 32.9 Å². The molecule has 5 rings (SSSR count). The van der Waals surface area contributed by atoms with E-state index in [0.717, 1.165) is 37.6 Å². The number of carbonyl (C=O) groups excluding carboxylic acids is 1. The van der Waals surface area contributed by atoms with E-state index >= 15 is 0 Å². The molecule has 2 fully saturated rings. The maximum Gasteiger partial charge on any atom is 0.258 e. The van der Waals surface area contributed by atoms with Gasteiger partial charge in [0.2, 0.25) is 0 Å². The summed E-state index contributed by atoms with van der Waals surface area (Å²) in [7, 11) is -3.58. The van der Waals surface area contributed by atoms with E-state index in [-0.39, 0.29) is 16.4 Å². The maximum atomic E-state index is 13.1. The normalized spacial score (nSPS) is 29.2. The van der Waals surface area contributed by atoms with Gasteiger partial charge in [0, 0.05) is 31.9 Å². The minimum Gasteiger partial charge on any atom is -0.367 e. The van der Waals surface area contributed by atoms with E-state index in [1.54, 1.807) is 24.3 Å². The zero-order chi connectivity index (χ0) is 19.3. The fraction of sp³-hybridized carbons (Fsp3) is 0.300. The quantitative estimate of drug-likeness (QED) is 0.785. The molecule has 28 heavy (non-hydrogen) atoms. The first-order chi connectivity index (χ1) is 13.5. The number of ketones is 1. The molecule has 2 unspecified atom stereocenters. The van der Waals surface area contributed by atoms with E-state index in [2.05, 4.69) is 19.9 Å². The highest BCUT2D eigenvalue weighted by molar-refractivity contribution is 7.93. The summed E-state index contributed by atoms with van der Waals surface area (Å²) in [6, 6.07) is 7.76. The Morgan fingerprint density at radius 1 is 1.14 bits per heavy atom. The Balaban J connectivity index is 1.58. The van der Waals surface area contributed by atoms with E-state index in [1.165, 1.54) is 0 Å². The summed E-state index contributed by atoms with van der Waals surface area (Å²) < 4.78 is 27.3. The molecule has 2 N–H and O–H groups in total. The first-order valence-corrected chi connectivity index (χ1v) is 10.8. The van der Waals surface area contributed by atoms with Crippen molar-refractivity contribution in [1.82, 2.24) is 10.0 Å². The number of rotatable bonds is 2. The molecule has 0 spiro atoms. The summed E-state index contributed by atoms with van der Waals surface area (Å²) in [5.74, 6) is -1.13. The number of para-hydroxylation sites is 2. The molecule has 0 radical (unpaired) electrons. The standard InChI is InChI=1S/C20H20N4O3S/c25-20-13-4-3-7-18-19(13)15(23-28(18,26)27)12-16(20)22-14-5-1-2-6-17(14)24-10-8-21-9-11-24/h1-7,12-13,19,21,23H,8-11H2. The van der Waals surface area contributed by atoms with Gasteiger partial charge in [-0.1, -0.05) is 24.3 Å². The second-order valence-corrected chi connectivity index (χ2v) is 8.93. The predicted octanol–water partition coefficient (Wildman–Crippen LogP) is 1.25. The lowest BCUT2D eigenvalue weighted by molar-refractivity contribution is -0.116. The van der Waals surface area contributed by atoms with Crippen molar-refractivity contribution in [3.63, 3.8) is 0 Å². The summed E-state index contributed by atoms with van der Waals surface area (Å²) in [5, 5.41) is 3.33. The number of sulfonamides is 1. The topological polar surface area (TPSA) is 90.9 Å². The van der Waals surface area contributed by atoms with Gasteiger partial charge in [0.15, 0.2) is 5.78 Å².